The normalized spacial score (nSPS) is 12.4. The van der Waals surface area contributed by atoms with E-state index in [4.69, 9.17) is 16.3 Å². The Morgan fingerprint density at radius 2 is 1.79 bits per heavy atom. The third-order valence-corrected chi connectivity index (χ3v) is 7.66. The molecule has 1 amide bonds. The maximum absolute atomic E-state index is 13.2. The number of thiophene rings is 1. The maximum Gasteiger partial charge on any atom is 0.251 e. The molecule has 0 aliphatic carbocycles. The zero-order valence-electron chi connectivity index (χ0n) is 15.0. The SMILES string of the molecule is COc1ccc(S(=O)(=O)[C@H](CNC(=O)c2ccc(Cl)cc2)c2cccs2)cc1. The molecule has 0 fully saturated rings. The Kier molecular flexibility index (Phi) is 6.39. The highest BCUT2D eigenvalue weighted by atomic mass is 35.5. The lowest BCUT2D eigenvalue weighted by Gasteiger charge is -2.18. The summed E-state index contributed by atoms with van der Waals surface area (Å²) in [7, 11) is -2.20. The number of hydrogen-bond donors (Lipinski definition) is 1. The first-order valence-electron chi connectivity index (χ1n) is 8.37. The number of nitrogens with one attached hydrogen (secondary N) is 1. The number of amides is 1. The molecule has 28 heavy (non-hydrogen) atoms. The number of rotatable bonds is 7. The lowest BCUT2D eigenvalue weighted by atomic mass is 10.2. The van der Waals surface area contributed by atoms with E-state index in [1.807, 2.05) is 5.38 Å². The van der Waals surface area contributed by atoms with Gasteiger partial charge in [0.15, 0.2) is 9.84 Å². The van der Waals surface area contributed by atoms with E-state index in [2.05, 4.69) is 5.32 Å². The van der Waals surface area contributed by atoms with Gasteiger partial charge in [-0.25, -0.2) is 8.42 Å². The van der Waals surface area contributed by atoms with Gasteiger partial charge in [-0.05, 0) is 60.0 Å². The van der Waals surface area contributed by atoms with Gasteiger partial charge in [0.05, 0.1) is 12.0 Å². The Morgan fingerprint density at radius 3 is 2.36 bits per heavy atom. The van der Waals surface area contributed by atoms with Crippen LogP contribution in [-0.4, -0.2) is 28.0 Å². The van der Waals surface area contributed by atoms with Crippen LogP contribution in [0.4, 0.5) is 0 Å². The van der Waals surface area contributed by atoms with Crippen LogP contribution < -0.4 is 10.1 Å². The van der Waals surface area contributed by atoms with Crippen LogP contribution in [0, 0.1) is 0 Å². The smallest absolute Gasteiger partial charge is 0.251 e. The number of methoxy groups -OCH3 is 1. The van der Waals surface area contributed by atoms with Gasteiger partial charge in [0.25, 0.3) is 5.91 Å². The van der Waals surface area contributed by atoms with Crippen LogP contribution in [0.15, 0.2) is 70.9 Å². The van der Waals surface area contributed by atoms with Crippen LogP contribution in [0.3, 0.4) is 0 Å². The molecule has 146 valence electrons. The van der Waals surface area contributed by atoms with Crippen LogP contribution >= 0.6 is 22.9 Å². The topological polar surface area (TPSA) is 72.5 Å². The molecule has 0 saturated heterocycles. The van der Waals surface area contributed by atoms with Crippen molar-refractivity contribution in [3.8, 4) is 5.75 Å². The van der Waals surface area contributed by atoms with E-state index in [1.54, 1.807) is 48.5 Å². The molecule has 1 aromatic heterocycles. The number of carbonyl (C=O) groups is 1. The summed E-state index contributed by atoms with van der Waals surface area (Å²) in [5, 5.41) is 4.17. The molecule has 0 unspecified atom stereocenters. The van der Waals surface area contributed by atoms with E-state index >= 15 is 0 Å². The van der Waals surface area contributed by atoms with Gasteiger partial charge in [-0.1, -0.05) is 17.7 Å². The first-order valence-corrected chi connectivity index (χ1v) is 11.2. The third kappa shape index (κ3) is 4.55. The van der Waals surface area contributed by atoms with Gasteiger partial charge in [-0.2, -0.15) is 0 Å². The summed E-state index contributed by atoms with van der Waals surface area (Å²) in [4.78, 5) is 13.2. The minimum absolute atomic E-state index is 0.0453. The molecule has 2 aromatic carbocycles. The van der Waals surface area contributed by atoms with Crippen molar-refractivity contribution in [2.75, 3.05) is 13.7 Å². The van der Waals surface area contributed by atoms with Crippen molar-refractivity contribution in [2.45, 2.75) is 10.1 Å². The number of carbonyl (C=O) groups excluding carboxylic acids is 1. The molecule has 0 spiro atoms. The van der Waals surface area contributed by atoms with Crippen molar-refractivity contribution in [2.24, 2.45) is 0 Å². The summed E-state index contributed by atoms with van der Waals surface area (Å²) in [6.07, 6.45) is 0. The van der Waals surface area contributed by atoms with Crippen LogP contribution in [-0.2, 0) is 9.84 Å². The van der Waals surface area contributed by atoms with Gasteiger partial charge < -0.3 is 10.1 Å². The number of ether oxygens (including phenoxy) is 1. The van der Waals surface area contributed by atoms with E-state index in [0.29, 0.717) is 21.2 Å². The summed E-state index contributed by atoms with van der Waals surface area (Å²) in [6, 6.07) is 16.2. The van der Waals surface area contributed by atoms with Crippen molar-refractivity contribution in [3.05, 3.63) is 81.5 Å². The number of hydrogen-bond acceptors (Lipinski definition) is 5. The predicted molar refractivity (Wildman–Crippen MR) is 111 cm³/mol. The summed E-state index contributed by atoms with van der Waals surface area (Å²) in [5.41, 5.74) is 0.413. The summed E-state index contributed by atoms with van der Waals surface area (Å²) < 4.78 is 31.5. The fourth-order valence-corrected chi connectivity index (χ4v) is 5.57. The lowest BCUT2D eigenvalue weighted by Crippen LogP contribution is -2.31. The number of sulfone groups is 1. The van der Waals surface area contributed by atoms with E-state index in [0.717, 1.165) is 0 Å². The second-order valence-electron chi connectivity index (χ2n) is 5.94. The van der Waals surface area contributed by atoms with Gasteiger partial charge >= 0.3 is 0 Å². The molecular weight excluding hydrogens is 418 g/mol. The quantitative estimate of drug-likeness (QED) is 0.598. The minimum Gasteiger partial charge on any atom is -0.497 e. The first kappa shape index (κ1) is 20.4. The zero-order valence-corrected chi connectivity index (χ0v) is 17.4. The fourth-order valence-electron chi connectivity index (χ4n) is 2.66. The molecule has 1 N–H and O–H groups in total. The van der Waals surface area contributed by atoms with Crippen LogP contribution in [0.25, 0.3) is 0 Å². The van der Waals surface area contributed by atoms with Gasteiger partial charge in [0.1, 0.15) is 11.0 Å². The molecule has 0 saturated carbocycles. The zero-order chi connectivity index (χ0) is 20.1. The Hall–Kier alpha value is -2.35. The monoisotopic (exact) mass is 435 g/mol. The third-order valence-electron chi connectivity index (χ3n) is 4.18. The Balaban J connectivity index is 1.85. The molecule has 3 aromatic rings. The first-order chi connectivity index (χ1) is 13.4. The Labute approximate surface area is 172 Å². The molecular formula is C20H18ClNO4S2. The van der Waals surface area contributed by atoms with Crippen LogP contribution in [0.2, 0.25) is 5.02 Å². The number of halogens is 1. The highest BCUT2D eigenvalue weighted by molar-refractivity contribution is 7.91. The highest BCUT2D eigenvalue weighted by Gasteiger charge is 2.30. The average Bonchev–Trinajstić information content (AvgIpc) is 3.22. The van der Waals surface area contributed by atoms with Crippen molar-refractivity contribution >= 4 is 38.7 Å². The molecule has 0 bridgehead atoms. The molecule has 0 radical (unpaired) electrons. The van der Waals surface area contributed by atoms with Gasteiger partial charge in [-0.15, -0.1) is 11.3 Å². The van der Waals surface area contributed by atoms with E-state index in [9.17, 15) is 13.2 Å². The van der Waals surface area contributed by atoms with Crippen molar-refractivity contribution in [1.29, 1.82) is 0 Å². The molecule has 1 heterocycles. The van der Waals surface area contributed by atoms with Gasteiger partial charge in [0.2, 0.25) is 0 Å². The predicted octanol–water partition coefficient (Wildman–Crippen LogP) is 4.36. The Morgan fingerprint density at radius 1 is 1.11 bits per heavy atom. The van der Waals surface area contributed by atoms with E-state index < -0.39 is 15.1 Å². The second kappa shape index (κ2) is 8.77. The van der Waals surface area contributed by atoms with E-state index in [1.165, 1.54) is 30.6 Å². The van der Waals surface area contributed by atoms with Crippen molar-refractivity contribution < 1.29 is 17.9 Å². The second-order valence-corrected chi connectivity index (χ2v) is 9.49. The number of benzene rings is 2. The molecule has 0 aliphatic heterocycles. The largest absolute Gasteiger partial charge is 0.497 e. The van der Waals surface area contributed by atoms with E-state index in [-0.39, 0.29) is 17.3 Å². The summed E-state index contributed by atoms with van der Waals surface area (Å²) in [6.45, 7) is -0.0453. The van der Waals surface area contributed by atoms with Gasteiger partial charge in [0, 0.05) is 22.0 Å². The van der Waals surface area contributed by atoms with Crippen molar-refractivity contribution in [3.63, 3.8) is 0 Å². The van der Waals surface area contributed by atoms with Crippen molar-refractivity contribution in [1.82, 2.24) is 5.32 Å². The van der Waals surface area contributed by atoms with Crippen LogP contribution in [0.5, 0.6) is 5.75 Å². The lowest BCUT2D eigenvalue weighted by molar-refractivity contribution is 0.0954. The van der Waals surface area contributed by atoms with Crippen LogP contribution in [0.1, 0.15) is 20.5 Å². The minimum atomic E-state index is -3.71. The molecule has 5 nitrogen and oxygen atoms in total. The summed E-state index contributed by atoms with van der Waals surface area (Å²) in [5.74, 6) is 0.214. The molecule has 8 heteroatoms. The maximum atomic E-state index is 13.2. The standard InChI is InChI=1S/C20H18ClNO4S2/c1-26-16-8-10-17(11-9-16)28(24,25)19(18-3-2-12-27-18)13-22-20(23)14-4-6-15(21)7-5-14/h2-12,19H,13H2,1H3,(H,22,23)/t19-/m1/s1. The Bertz CT molecular complexity index is 1030. The van der Waals surface area contributed by atoms with Gasteiger partial charge in [-0.3, -0.25) is 4.79 Å². The highest BCUT2D eigenvalue weighted by Crippen LogP contribution is 2.32. The fraction of sp³-hybridized carbons (Fsp3) is 0.150. The molecule has 1 atom stereocenters. The molecule has 0 aliphatic rings. The molecule has 3 rings (SSSR count). The average molecular weight is 436 g/mol. The summed E-state index contributed by atoms with van der Waals surface area (Å²) >= 11 is 7.18.